The molecule has 35 heavy (non-hydrogen) atoms. The Hall–Kier alpha value is -2.49. The lowest BCUT2D eigenvalue weighted by Crippen LogP contribution is -2.55. The number of benzene rings is 2. The number of carbonyl (C=O) groups excluding carboxylic acids is 1. The topological polar surface area (TPSA) is 79.0 Å². The average molecular weight is 512 g/mol. The van der Waals surface area contributed by atoms with E-state index in [4.69, 9.17) is 17.3 Å². The molecule has 3 atom stereocenters. The highest BCUT2D eigenvalue weighted by molar-refractivity contribution is 6.30. The van der Waals surface area contributed by atoms with Crippen LogP contribution >= 0.6 is 11.6 Å². The van der Waals surface area contributed by atoms with E-state index in [1.807, 2.05) is 0 Å². The van der Waals surface area contributed by atoms with Gasteiger partial charge in [0.15, 0.2) is 0 Å². The van der Waals surface area contributed by atoms with Gasteiger partial charge in [-0.25, -0.2) is 0 Å². The molecule has 0 radical (unpaired) electrons. The minimum atomic E-state index is -4.70. The first-order chi connectivity index (χ1) is 16.6. The summed E-state index contributed by atoms with van der Waals surface area (Å²) < 4.78 is 41.1. The number of primary amides is 1. The molecular weight excluding hydrogens is 483 g/mol. The van der Waals surface area contributed by atoms with Crippen LogP contribution in [0.15, 0.2) is 48.5 Å². The monoisotopic (exact) mass is 511 g/mol. The number of aliphatic hydroxyl groups excluding tert-OH is 1. The molecule has 0 spiro atoms. The van der Waals surface area contributed by atoms with Crippen molar-refractivity contribution in [2.75, 3.05) is 31.1 Å². The first-order valence-corrected chi connectivity index (χ1v) is 12.0. The number of ether oxygens (including phenoxy) is 1. The molecule has 0 aliphatic carbocycles. The molecule has 6 nitrogen and oxygen atoms in total. The Morgan fingerprint density at radius 2 is 1.74 bits per heavy atom. The summed E-state index contributed by atoms with van der Waals surface area (Å²) in [6.45, 7) is 3.13. The number of rotatable bonds is 8. The molecule has 1 amide bonds. The molecule has 2 aromatic rings. The molecule has 2 aliphatic heterocycles. The SMILES string of the molecule is NC(=O)CC(C(O)c1ccc(Cl)cc1)N1CCCC(C2CN(c3ccc(OC(F)(F)F)cc3)C2)C1. The molecule has 0 saturated carbocycles. The second-order valence-corrected chi connectivity index (χ2v) is 9.77. The molecule has 2 saturated heterocycles. The number of nitrogens with two attached hydrogens (primary N) is 1. The van der Waals surface area contributed by atoms with Crippen LogP contribution in [0.25, 0.3) is 0 Å². The summed E-state index contributed by atoms with van der Waals surface area (Å²) in [6.07, 6.45) is -3.52. The number of carbonyl (C=O) groups is 1. The number of nitrogens with zero attached hydrogens (tertiary/aromatic N) is 2. The van der Waals surface area contributed by atoms with Gasteiger partial charge in [-0.05, 0) is 73.2 Å². The Bertz CT molecular complexity index is 998. The van der Waals surface area contributed by atoms with Crippen LogP contribution in [0.1, 0.15) is 30.9 Å². The summed E-state index contributed by atoms with van der Waals surface area (Å²) in [5.41, 5.74) is 7.07. The van der Waals surface area contributed by atoms with Gasteiger partial charge in [-0.3, -0.25) is 9.69 Å². The zero-order valence-electron chi connectivity index (χ0n) is 19.1. The summed E-state index contributed by atoms with van der Waals surface area (Å²) in [7, 11) is 0. The molecule has 2 aromatic carbocycles. The standard InChI is InChI=1S/C25H29ClF3N3O3/c26-19-5-3-16(4-6-19)24(34)22(12-23(30)33)31-11-1-2-17(13-31)18-14-32(15-18)20-7-9-21(10-8-20)35-25(27,28)29/h3-10,17-18,22,24,34H,1-2,11-15H2,(H2,30,33). The van der Waals surface area contributed by atoms with Crippen molar-refractivity contribution < 1.29 is 27.8 Å². The van der Waals surface area contributed by atoms with Crippen molar-refractivity contribution in [3.8, 4) is 5.75 Å². The number of amides is 1. The normalized spacial score (nSPS) is 21.3. The summed E-state index contributed by atoms with van der Waals surface area (Å²) in [5.74, 6) is 0.116. The Morgan fingerprint density at radius 3 is 2.34 bits per heavy atom. The molecule has 10 heteroatoms. The third-order valence-electron chi connectivity index (χ3n) is 6.96. The lowest BCUT2D eigenvalue weighted by Gasteiger charge is -2.49. The van der Waals surface area contributed by atoms with Gasteiger partial charge in [-0.2, -0.15) is 0 Å². The first kappa shape index (κ1) is 25.6. The fourth-order valence-electron chi connectivity index (χ4n) is 5.14. The number of alkyl halides is 3. The van der Waals surface area contributed by atoms with Crippen LogP contribution in [-0.4, -0.2) is 54.5 Å². The van der Waals surface area contributed by atoms with Gasteiger partial charge >= 0.3 is 6.36 Å². The highest BCUT2D eigenvalue weighted by Crippen LogP contribution is 2.37. The second kappa shape index (κ2) is 10.6. The van der Waals surface area contributed by atoms with Crippen molar-refractivity contribution in [1.82, 2.24) is 4.90 Å². The number of aliphatic hydroxyl groups is 1. The van der Waals surface area contributed by atoms with Crippen molar-refractivity contribution in [1.29, 1.82) is 0 Å². The van der Waals surface area contributed by atoms with Crippen molar-refractivity contribution >= 4 is 23.2 Å². The number of hydrogen-bond donors (Lipinski definition) is 2. The fraction of sp³-hybridized carbons (Fsp3) is 0.480. The van der Waals surface area contributed by atoms with Gasteiger partial charge in [-0.15, -0.1) is 13.2 Å². The predicted octanol–water partition coefficient (Wildman–Crippen LogP) is 4.36. The Morgan fingerprint density at radius 1 is 1.09 bits per heavy atom. The van der Waals surface area contributed by atoms with Gasteiger partial charge < -0.3 is 20.5 Å². The van der Waals surface area contributed by atoms with Crippen LogP contribution in [0.3, 0.4) is 0 Å². The summed E-state index contributed by atoms with van der Waals surface area (Å²) in [6, 6.07) is 12.4. The van der Waals surface area contributed by atoms with Gasteiger partial charge in [0.1, 0.15) is 5.75 Å². The molecule has 2 aliphatic rings. The van der Waals surface area contributed by atoms with Crippen LogP contribution in [0.2, 0.25) is 5.02 Å². The van der Waals surface area contributed by atoms with Crippen LogP contribution < -0.4 is 15.4 Å². The van der Waals surface area contributed by atoms with Gasteiger partial charge in [0, 0.05) is 42.8 Å². The van der Waals surface area contributed by atoms with Crippen molar-refractivity contribution in [3.63, 3.8) is 0 Å². The first-order valence-electron chi connectivity index (χ1n) is 11.7. The van der Waals surface area contributed by atoms with E-state index in [0.717, 1.165) is 44.7 Å². The lowest BCUT2D eigenvalue weighted by atomic mass is 9.79. The van der Waals surface area contributed by atoms with E-state index in [9.17, 15) is 23.1 Å². The van der Waals surface area contributed by atoms with Crippen LogP contribution in [0, 0.1) is 11.8 Å². The largest absolute Gasteiger partial charge is 0.573 e. The molecule has 3 N–H and O–H groups in total. The molecule has 2 heterocycles. The minimum Gasteiger partial charge on any atom is -0.406 e. The van der Waals surface area contributed by atoms with Crippen LogP contribution in [0.5, 0.6) is 5.75 Å². The van der Waals surface area contributed by atoms with E-state index in [1.54, 1.807) is 36.4 Å². The molecule has 190 valence electrons. The summed E-state index contributed by atoms with van der Waals surface area (Å²) in [4.78, 5) is 16.1. The number of halogens is 4. The third kappa shape index (κ3) is 6.59. The molecule has 0 bridgehead atoms. The minimum absolute atomic E-state index is 0.0552. The maximum Gasteiger partial charge on any atom is 0.573 e. The van der Waals surface area contributed by atoms with Crippen LogP contribution in [0.4, 0.5) is 18.9 Å². The summed E-state index contributed by atoms with van der Waals surface area (Å²) >= 11 is 5.97. The van der Waals surface area contributed by atoms with Crippen molar-refractivity contribution in [2.24, 2.45) is 17.6 Å². The van der Waals surface area contributed by atoms with E-state index >= 15 is 0 Å². The Balaban J connectivity index is 1.36. The second-order valence-electron chi connectivity index (χ2n) is 9.34. The number of hydrogen-bond acceptors (Lipinski definition) is 5. The van der Waals surface area contributed by atoms with E-state index in [1.165, 1.54) is 12.1 Å². The zero-order valence-corrected chi connectivity index (χ0v) is 19.9. The quantitative estimate of drug-likeness (QED) is 0.550. The maximum absolute atomic E-state index is 12.4. The molecule has 2 fully saturated rings. The maximum atomic E-state index is 12.4. The third-order valence-corrected chi connectivity index (χ3v) is 7.21. The van der Waals surface area contributed by atoms with Gasteiger partial charge in [0.2, 0.25) is 5.91 Å². The molecule has 4 rings (SSSR count). The Labute approximate surface area is 207 Å². The molecular formula is C25H29ClF3N3O3. The molecule has 3 unspecified atom stereocenters. The Kier molecular flexibility index (Phi) is 7.78. The lowest BCUT2D eigenvalue weighted by molar-refractivity contribution is -0.274. The predicted molar refractivity (Wildman–Crippen MR) is 127 cm³/mol. The fourth-order valence-corrected chi connectivity index (χ4v) is 5.26. The van der Waals surface area contributed by atoms with E-state index in [-0.39, 0.29) is 12.2 Å². The van der Waals surface area contributed by atoms with Crippen LogP contribution in [-0.2, 0) is 4.79 Å². The highest BCUT2D eigenvalue weighted by Gasteiger charge is 2.39. The van der Waals surface area contributed by atoms with Gasteiger partial charge in [0.05, 0.1) is 6.10 Å². The number of anilines is 1. The zero-order chi connectivity index (χ0) is 25.2. The number of likely N-dealkylation sites (tertiary alicyclic amines) is 1. The summed E-state index contributed by atoms with van der Waals surface area (Å²) in [5, 5.41) is 11.6. The van der Waals surface area contributed by atoms with Crippen molar-refractivity contribution in [2.45, 2.75) is 37.8 Å². The van der Waals surface area contributed by atoms with Crippen molar-refractivity contribution in [3.05, 3.63) is 59.1 Å². The molecule has 0 aromatic heterocycles. The van der Waals surface area contributed by atoms with E-state index < -0.39 is 24.4 Å². The van der Waals surface area contributed by atoms with Gasteiger partial charge in [0.25, 0.3) is 0 Å². The van der Waals surface area contributed by atoms with E-state index in [2.05, 4.69) is 14.5 Å². The number of piperidine rings is 1. The van der Waals surface area contributed by atoms with E-state index in [0.29, 0.717) is 22.4 Å². The van der Waals surface area contributed by atoms with Gasteiger partial charge in [-0.1, -0.05) is 23.7 Å². The average Bonchev–Trinajstić information content (AvgIpc) is 2.77. The smallest absolute Gasteiger partial charge is 0.406 e. The highest BCUT2D eigenvalue weighted by atomic mass is 35.5.